The van der Waals surface area contributed by atoms with Gasteiger partial charge in [-0.05, 0) is 43.5 Å². The van der Waals surface area contributed by atoms with Crippen LogP contribution in [0.3, 0.4) is 0 Å². The van der Waals surface area contributed by atoms with Crippen LogP contribution in [0.15, 0.2) is 24.3 Å². The molecule has 2 atom stereocenters. The molecule has 5 heteroatoms. The Kier molecular flexibility index (Phi) is 5.59. The van der Waals surface area contributed by atoms with Gasteiger partial charge in [0.25, 0.3) is 0 Å². The number of carboxylic acids is 1. The van der Waals surface area contributed by atoms with Crippen molar-refractivity contribution in [2.75, 3.05) is 13.2 Å². The smallest absolute Gasteiger partial charge is 0.306 e. The minimum Gasteiger partial charge on any atom is -0.492 e. The third-order valence-electron chi connectivity index (χ3n) is 3.81. The Balaban J connectivity index is 1.67. The highest BCUT2D eigenvalue weighted by Gasteiger charge is 2.26. The fourth-order valence-corrected chi connectivity index (χ4v) is 2.66. The highest BCUT2D eigenvalue weighted by molar-refractivity contribution is 5.70. The number of hydrogen-bond donors (Lipinski definition) is 2. The number of hydrogen-bond acceptors (Lipinski definition) is 4. The van der Waals surface area contributed by atoms with Crippen molar-refractivity contribution < 1.29 is 14.6 Å². The van der Waals surface area contributed by atoms with Gasteiger partial charge in [-0.2, -0.15) is 5.26 Å². The molecule has 0 aromatic heterocycles. The van der Waals surface area contributed by atoms with Crippen LogP contribution < -0.4 is 10.1 Å². The summed E-state index contributed by atoms with van der Waals surface area (Å²) in [5.41, 5.74) is 0.613. The molecule has 1 aromatic carbocycles. The molecule has 0 bridgehead atoms. The first-order chi connectivity index (χ1) is 10.2. The first-order valence-corrected chi connectivity index (χ1v) is 7.28. The van der Waals surface area contributed by atoms with E-state index in [0.29, 0.717) is 25.1 Å². The SMILES string of the molecule is N#Cc1ccc(OCCNC2CCCC(C(=O)O)C2)cc1. The summed E-state index contributed by atoms with van der Waals surface area (Å²) in [4.78, 5) is 11.0. The molecular formula is C16H20N2O3. The van der Waals surface area contributed by atoms with Gasteiger partial charge in [0.15, 0.2) is 0 Å². The number of rotatable bonds is 6. The summed E-state index contributed by atoms with van der Waals surface area (Å²) in [7, 11) is 0. The molecule has 2 N–H and O–H groups in total. The summed E-state index contributed by atoms with van der Waals surface area (Å²) < 4.78 is 5.58. The molecule has 5 nitrogen and oxygen atoms in total. The van der Waals surface area contributed by atoms with E-state index in [0.717, 1.165) is 25.0 Å². The predicted molar refractivity (Wildman–Crippen MR) is 78.0 cm³/mol. The molecule has 0 saturated heterocycles. The monoisotopic (exact) mass is 288 g/mol. The van der Waals surface area contributed by atoms with E-state index in [-0.39, 0.29) is 12.0 Å². The molecule has 21 heavy (non-hydrogen) atoms. The molecule has 0 amide bonds. The number of carboxylic acid groups (broad SMARTS) is 1. The van der Waals surface area contributed by atoms with Gasteiger partial charge in [0, 0.05) is 12.6 Å². The van der Waals surface area contributed by atoms with Crippen LogP contribution in [0.5, 0.6) is 5.75 Å². The number of nitriles is 1. The molecule has 1 aliphatic carbocycles. The van der Waals surface area contributed by atoms with E-state index in [9.17, 15) is 4.79 Å². The number of carbonyl (C=O) groups is 1. The fraction of sp³-hybridized carbons (Fsp3) is 0.500. The number of aliphatic carboxylic acids is 1. The number of nitrogens with zero attached hydrogens (tertiary/aromatic N) is 1. The van der Waals surface area contributed by atoms with E-state index in [4.69, 9.17) is 15.1 Å². The summed E-state index contributed by atoms with van der Waals surface area (Å²) in [6.07, 6.45) is 3.48. The quantitative estimate of drug-likeness (QED) is 0.784. The molecule has 0 aliphatic heterocycles. The van der Waals surface area contributed by atoms with E-state index in [1.807, 2.05) is 0 Å². The van der Waals surface area contributed by atoms with Gasteiger partial charge >= 0.3 is 5.97 Å². The molecule has 1 aromatic rings. The largest absolute Gasteiger partial charge is 0.492 e. The first-order valence-electron chi connectivity index (χ1n) is 7.28. The zero-order valence-electron chi connectivity index (χ0n) is 11.9. The van der Waals surface area contributed by atoms with Crippen molar-refractivity contribution in [3.63, 3.8) is 0 Å². The molecule has 1 fully saturated rings. The lowest BCUT2D eigenvalue weighted by atomic mass is 9.86. The molecule has 1 saturated carbocycles. The highest BCUT2D eigenvalue weighted by atomic mass is 16.5. The molecule has 2 rings (SSSR count). The van der Waals surface area contributed by atoms with Gasteiger partial charge in [0.05, 0.1) is 17.6 Å². The first kappa shape index (κ1) is 15.3. The Morgan fingerprint density at radius 1 is 1.38 bits per heavy atom. The predicted octanol–water partition coefficient (Wildman–Crippen LogP) is 2.17. The van der Waals surface area contributed by atoms with Crippen molar-refractivity contribution in [3.8, 4) is 11.8 Å². The van der Waals surface area contributed by atoms with E-state index >= 15 is 0 Å². The van der Waals surface area contributed by atoms with Crippen LogP contribution in [-0.4, -0.2) is 30.3 Å². The minimum atomic E-state index is -0.685. The summed E-state index contributed by atoms with van der Waals surface area (Å²) in [5, 5.41) is 21.1. The topological polar surface area (TPSA) is 82.3 Å². The van der Waals surface area contributed by atoms with Gasteiger partial charge in [-0.25, -0.2) is 0 Å². The van der Waals surface area contributed by atoms with Gasteiger partial charge in [-0.1, -0.05) is 6.42 Å². The van der Waals surface area contributed by atoms with Crippen LogP contribution >= 0.6 is 0 Å². The number of nitrogens with one attached hydrogen (secondary N) is 1. The number of benzene rings is 1. The summed E-state index contributed by atoms with van der Waals surface area (Å²) >= 11 is 0. The van der Waals surface area contributed by atoms with Crippen molar-refractivity contribution >= 4 is 5.97 Å². The van der Waals surface area contributed by atoms with E-state index in [1.165, 1.54) is 0 Å². The van der Waals surface area contributed by atoms with Crippen LogP contribution in [0.4, 0.5) is 0 Å². The van der Waals surface area contributed by atoms with Crippen LogP contribution in [0.25, 0.3) is 0 Å². The average Bonchev–Trinajstić information content (AvgIpc) is 2.52. The van der Waals surface area contributed by atoms with Gasteiger partial charge in [0.1, 0.15) is 12.4 Å². The molecular weight excluding hydrogens is 268 g/mol. The lowest BCUT2D eigenvalue weighted by Crippen LogP contribution is -2.38. The van der Waals surface area contributed by atoms with Crippen LogP contribution in [0.1, 0.15) is 31.2 Å². The van der Waals surface area contributed by atoms with Gasteiger partial charge in [-0.3, -0.25) is 4.79 Å². The zero-order valence-corrected chi connectivity index (χ0v) is 11.9. The zero-order chi connectivity index (χ0) is 15.1. The Labute approximate surface area is 124 Å². The fourth-order valence-electron chi connectivity index (χ4n) is 2.66. The molecule has 2 unspecified atom stereocenters. The van der Waals surface area contributed by atoms with Crippen molar-refractivity contribution in [2.24, 2.45) is 5.92 Å². The van der Waals surface area contributed by atoms with Crippen molar-refractivity contribution in [3.05, 3.63) is 29.8 Å². The van der Waals surface area contributed by atoms with Crippen LogP contribution in [0.2, 0.25) is 0 Å². The van der Waals surface area contributed by atoms with Gasteiger partial charge in [-0.15, -0.1) is 0 Å². The maximum Gasteiger partial charge on any atom is 0.306 e. The highest BCUT2D eigenvalue weighted by Crippen LogP contribution is 2.24. The van der Waals surface area contributed by atoms with Crippen molar-refractivity contribution in [1.29, 1.82) is 5.26 Å². The molecule has 0 heterocycles. The summed E-state index contributed by atoms with van der Waals surface area (Å²) in [6.45, 7) is 1.22. The lowest BCUT2D eigenvalue weighted by Gasteiger charge is -2.27. The van der Waals surface area contributed by atoms with E-state index in [1.54, 1.807) is 24.3 Å². The maximum atomic E-state index is 11.0. The molecule has 0 radical (unpaired) electrons. The second kappa shape index (κ2) is 7.65. The number of ether oxygens (including phenoxy) is 1. The summed E-state index contributed by atoms with van der Waals surface area (Å²) in [5.74, 6) is -0.158. The Bertz CT molecular complexity index is 507. The Hall–Kier alpha value is -2.06. The average molecular weight is 288 g/mol. The second-order valence-corrected chi connectivity index (χ2v) is 5.34. The van der Waals surface area contributed by atoms with Crippen LogP contribution in [-0.2, 0) is 4.79 Å². The summed E-state index contributed by atoms with van der Waals surface area (Å²) in [6, 6.07) is 9.33. The van der Waals surface area contributed by atoms with E-state index in [2.05, 4.69) is 11.4 Å². The van der Waals surface area contributed by atoms with Gasteiger partial charge in [0.2, 0.25) is 0 Å². The third-order valence-corrected chi connectivity index (χ3v) is 3.81. The Morgan fingerprint density at radius 3 is 2.81 bits per heavy atom. The maximum absolute atomic E-state index is 11.0. The molecule has 112 valence electrons. The molecule has 0 spiro atoms. The van der Waals surface area contributed by atoms with Crippen molar-refractivity contribution in [1.82, 2.24) is 5.32 Å². The lowest BCUT2D eigenvalue weighted by molar-refractivity contribution is -0.143. The molecule has 1 aliphatic rings. The van der Waals surface area contributed by atoms with E-state index < -0.39 is 5.97 Å². The minimum absolute atomic E-state index is 0.212. The standard InChI is InChI=1S/C16H20N2O3/c17-11-12-4-6-15(7-5-12)21-9-8-18-14-3-1-2-13(10-14)16(19)20/h4-7,13-14,18H,1-3,8-10H2,(H,19,20). The normalized spacial score (nSPS) is 21.5. The van der Waals surface area contributed by atoms with Crippen molar-refractivity contribution in [2.45, 2.75) is 31.7 Å². The third kappa shape index (κ3) is 4.76. The Morgan fingerprint density at radius 2 is 2.14 bits per heavy atom. The second-order valence-electron chi connectivity index (χ2n) is 5.34. The van der Waals surface area contributed by atoms with Crippen LogP contribution in [0, 0.1) is 17.2 Å². The van der Waals surface area contributed by atoms with Gasteiger partial charge < -0.3 is 15.2 Å².